The van der Waals surface area contributed by atoms with E-state index in [1.807, 2.05) is 31.2 Å². The minimum atomic E-state index is -1.82. The van der Waals surface area contributed by atoms with Crippen molar-refractivity contribution in [2.45, 2.75) is 96.6 Å². The molecule has 0 aliphatic carbocycles. The van der Waals surface area contributed by atoms with E-state index in [0.29, 0.717) is 19.6 Å². The molecule has 0 saturated heterocycles. The van der Waals surface area contributed by atoms with Crippen molar-refractivity contribution in [1.82, 2.24) is 0 Å². The number of aliphatic hydroxyl groups is 2. The fourth-order valence-corrected chi connectivity index (χ4v) is 4.06. The van der Waals surface area contributed by atoms with Gasteiger partial charge in [0.25, 0.3) is 0 Å². The van der Waals surface area contributed by atoms with Crippen LogP contribution >= 0.6 is 0 Å². The molecule has 0 aliphatic heterocycles. The van der Waals surface area contributed by atoms with Gasteiger partial charge in [-0.1, -0.05) is 45.1 Å². The number of rotatable bonds is 14. The molecular weight excluding hydrogens is 452 g/mol. The van der Waals surface area contributed by atoms with Crippen molar-refractivity contribution >= 4 is 14.3 Å². The molecular formula is C26H44O7Si. The van der Waals surface area contributed by atoms with Crippen LogP contribution in [0.1, 0.15) is 53.0 Å². The molecule has 0 unspecified atom stereocenters. The van der Waals surface area contributed by atoms with Crippen LogP contribution in [0.15, 0.2) is 36.4 Å². The average Bonchev–Trinajstić information content (AvgIpc) is 2.75. The largest absolute Gasteiger partial charge is 0.497 e. The fraction of sp³-hybridized carbons (Fsp3) is 0.654. The quantitative estimate of drug-likeness (QED) is 0.168. The highest BCUT2D eigenvalue weighted by Gasteiger charge is 2.36. The van der Waals surface area contributed by atoms with Gasteiger partial charge >= 0.3 is 5.97 Å². The van der Waals surface area contributed by atoms with E-state index in [1.54, 1.807) is 13.2 Å². The molecule has 0 heterocycles. The Balaban J connectivity index is 2.59. The van der Waals surface area contributed by atoms with Crippen molar-refractivity contribution in [3.8, 4) is 5.75 Å². The van der Waals surface area contributed by atoms with Gasteiger partial charge in [0.1, 0.15) is 24.1 Å². The summed E-state index contributed by atoms with van der Waals surface area (Å²) in [4.78, 5) is 11.6. The topological polar surface area (TPSA) is 94.5 Å². The first-order valence-electron chi connectivity index (χ1n) is 11.9. The Morgan fingerprint density at radius 1 is 1.15 bits per heavy atom. The summed E-state index contributed by atoms with van der Waals surface area (Å²) in [7, 11) is -0.208. The SMILES string of the molecule is COc1ccc(CO[C@H](C)C[C@H](OC(C)=O)[C@H](O)[C@@H](O)/C=C/CCO[Si](C)(C)C(C)(C)C)cc1. The van der Waals surface area contributed by atoms with Crippen molar-refractivity contribution < 1.29 is 33.6 Å². The smallest absolute Gasteiger partial charge is 0.302 e. The lowest BCUT2D eigenvalue weighted by Crippen LogP contribution is -2.41. The van der Waals surface area contributed by atoms with Crippen LogP contribution in [-0.4, -0.2) is 62.6 Å². The monoisotopic (exact) mass is 496 g/mol. The number of ether oxygens (including phenoxy) is 3. The number of carbonyl (C=O) groups is 1. The number of hydrogen-bond acceptors (Lipinski definition) is 7. The third kappa shape index (κ3) is 10.7. The first-order chi connectivity index (χ1) is 15.8. The van der Waals surface area contributed by atoms with E-state index in [4.69, 9.17) is 18.6 Å². The van der Waals surface area contributed by atoms with Gasteiger partial charge in [-0.25, -0.2) is 0 Å². The van der Waals surface area contributed by atoms with E-state index in [-0.39, 0.29) is 17.6 Å². The highest BCUT2D eigenvalue weighted by molar-refractivity contribution is 6.74. The normalized spacial score (nSPS) is 16.2. The number of aliphatic hydroxyl groups excluding tert-OH is 2. The standard InChI is InChI=1S/C26H44O7Si/c1-19(31-18-21-12-14-22(30-6)15-13-21)17-24(33-20(2)27)25(29)23(28)11-9-10-16-32-34(7,8)26(3,4)5/h9,11-15,19,23-25,28-29H,10,16-18H2,1-8H3/b11-9+/t19-,23+,24+,25-/m1/s1. The Hall–Kier alpha value is -1.71. The lowest BCUT2D eigenvalue weighted by Gasteiger charge is -2.36. The second-order valence-corrected chi connectivity index (χ2v) is 15.0. The van der Waals surface area contributed by atoms with E-state index in [1.165, 1.54) is 13.0 Å². The van der Waals surface area contributed by atoms with Crippen LogP contribution in [0.3, 0.4) is 0 Å². The zero-order valence-corrected chi connectivity index (χ0v) is 23.0. The molecule has 0 aromatic heterocycles. The molecule has 0 saturated carbocycles. The molecule has 0 bridgehead atoms. The summed E-state index contributed by atoms with van der Waals surface area (Å²) in [6.45, 7) is 15.0. The minimum Gasteiger partial charge on any atom is -0.497 e. The van der Waals surface area contributed by atoms with Crippen molar-refractivity contribution in [2.75, 3.05) is 13.7 Å². The highest BCUT2D eigenvalue weighted by atomic mass is 28.4. The van der Waals surface area contributed by atoms with Crippen LogP contribution in [0.2, 0.25) is 18.1 Å². The molecule has 0 spiro atoms. The van der Waals surface area contributed by atoms with Gasteiger partial charge in [0.15, 0.2) is 8.32 Å². The molecule has 0 radical (unpaired) electrons. The lowest BCUT2D eigenvalue weighted by atomic mass is 10.0. The Bertz CT molecular complexity index is 755. The summed E-state index contributed by atoms with van der Waals surface area (Å²) in [5.74, 6) is 0.244. The summed E-state index contributed by atoms with van der Waals surface area (Å²) in [5, 5.41) is 21.2. The maximum atomic E-state index is 11.6. The van der Waals surface area contributed by atoms with Gasteiger partial charge in [-0.15, -0.1) is 0 Å². The van der Waals surface area contributed by atoms with Crippen molar-refractivity contribution in [2.24, 2.45) is 0 Å². The minimum absolute atomic E-state index is 0.135. The Kier molecular flexibility index (Phi) is 12.5. The first-order valence-corrected chi connectivity index (χ1v) is 14.8. The number of benzene rings is 1. The molecule has 1 aromatic rings. The second-order valence-electron chi connectivity index (χ2n) is 10.2. The van der Waals surface area contributed by atoms with Gasteiger partial charge in [0, 0.05) is 20.0 Å². The third-order valence-electron chi connectivity index (χ3n) is 6.19. The molecule has 1 aromatic carbocycles. The highest BCUT2D eigenvalue weighted by Crippen LogP contribution is 2.36. The van der Waals surface area contributed by atoms with E-state index >= 15 is 0 Å². The van der Waals surface area contributed by atoms with E-state index in [0.717, 1.165) is 11.3 Å². The summed E-state index contributed by atoms with van der Waals surface area (Å²) in [6.07, 6.45) is 0.530. The van der Waals surface area contributed by atoms with Crippen LogP contribution in [0, 0.1) is 0 Å². The van der Waals surface area contributed by atoms with Gasteiger partial charge in [0.05, 0.1) is 19.8 Å². The van der Waals surface area contributed by atoms with Gasteiger partial charge in [-0.3, -0.25) is 4.79 Å². The summed E-state index contributed by atoms with van der Waals surface area (Å²) >= 11 is 0. The fourth-order valence-electron chi connectivity index (χ4n) is 2.99. The summed E-state index contributed by atoms with van der Waals surface area (Å²) in [5.41, 5.74) is 0.972. The average molecular weight is 497 g/mol. The third-order valence-corrected chi connectivity index (χ3v) is 10.7. The molecule has 0 aliphatic rings. The molecule has 0 amide bonds. The predicted octanol–water partition coefficient (Wildman–Crippen LogP) is 4.61. The molecule has 0 fully saturated rings. The molecule has 1 rings (SSSR count). The Morgan fingerprint density at radius 2 is 1.76 bits per heavy atom. The number of esters is 1. The van der Waals surface area contributed by atoms with Crippen LogP contribution in [0.5, 0.6) is 5.75 Å². The van der Waals surface area contributed by atoms with Crippen LogP contribution in [0.25, 0.3) is 0 Å². The maximum Gasteiger partial charge on any atom is 0.302 e. The van der Waals surface area contributed by atoms with Gasteiger partial charge in [-0.2, -0.15) is 0 Å². The molecule has 4 atom stereocenters. The lowest BCUT2D eigenvalue weighted by molar-refractivity contribution is -0.159. The predicted molar refractivity (Wildman–Crippen MR) is 136 cm³/mol. The van der Waals surface area contributed by atoms with Crippen molar-refractivity contribution in [3.63, 3.8) is 0 Å². The van der Waals surface area contributed by atoms with Crippen molar-refractivity contribution in [3.05, 3.63) is 42.0 Å². The molecule has 8 heteroatoms. The van der Waals surface area contributed by atoms with Gasteiger partial charge in [-0.05, 0) is 49.2 Å². The Morgan fingerprint density at radius 3 is 2.29 bits per heavy atom. The molecule has 34 heavy (non-hydrogen) atoms. The molecule has 2 N–H and O–H groups in total. The van der Waals surface area contributed by atoms with Crippen LogP contribution in [-0.2, 0) is 25.3 Å². The van der Waals surface area contributed by atoms with Gasteiger partial charge < -0.3 is 28.8 Å². The number of hydrogen-bond donors (Lipinski definition) is 2. The number of methoxy groups -OCH3 is 1. The van der Waals surface area contributed by atoms with Crippen LogP contribution < -0.4 is 4.74 Å². The van der Waals surface area contributed by atoms with E-state index < -0.39 is 32.6 Å². The van der Waals surface area contributed by atoms with E-state index in [2.05, 4.69) is 33.9 Å². The maximum absolute atomic E-state index is 11.6. The zero-order valence-electron chi connectivity index (χ0n) is 22.0. The second kappa shape index (κ2) is 14.0. The van der Waals surface area contributed by atoms with E-state index in [9.17, 15) is 15.0 Å². The number of carbonyl (C=O) groups excluding carboxylic acids is 1. The first kappa shape index (κ1) is 30.3. The summed E-state index contributed by atoms with van der Waals surface area (Å²) in [6, 6.07) is 7.53. The summed E-state index contributed by atoms with van der Waals surface area (Å²) < 4.78 is 22.4. The van der Waals surface area contributed by atoms with Gasteiger partial charge in [0.2, 0.25) is 0 Å². The molecule has 7 nitrogen and oxygen atoms in total. The van der Waals surface area contributed by atoms with Crippen LogP contribution in [0.4, 0.5) is 0 Å². The zero-order chi connectivity index (χ0) is 25.9. The Labute approximate surface area is 206 Å². The molecule has 194 valence electrons. The van der Waals surface area contributed by atoms with Crippen molar-refractivity contribution in [1.29, 1.82) is 0 Å².